The second kappa shape index (κ2) is 6.10. The largest absolute Gasteiger partial charge is 0.308 e. The average molecular weight is 388 g/mol. The number of alkyl halides is 1. The summed E-state index contributed by atoms with van der Waals surface area (Å²) in [5.41, 5.74) is 3.07. The number of thiophene rings is 1. The van der Waals surface area contributed by atoms with Crippen LogP contribution in [0.2, 0.25) is 0 Å². The maximum absolute atomic E-state index is 5.94. The molecule has 0 aliphatic carbocycles. The third-order valence-electron chi connectivity index (χ3n) is 3.43. The molecule has 0 fully saturated rings. The Bertz CT molecular complexity index is 773. The summed E-state index contributed by atoms with van der Waals surface area (Å²) in [6.45, 7) is 5.76. The van der Waals surface area contributed by atoms with Crippen molar-refractivity contribution in [1.29, 1.82) is 0 Å². The number of hydrogen-bond acceptors (Lipinski definition) is 3. The minimum absolute atomic E-state index is 0.576. The van der Waals surface area contributed by atoms with Crippen LogP contribution in [0.3, 0.4) is 0 Å². The monoisotopic (exact) mass is 386 g/mol. The highest BCUT2D eigenvalue weighted by Crippen LogP contribution is 2.25. The van der Waals surface area contributed by atoms with E-state index < -0.39 is 0 Å². The van der Waals surface area contributed by atoms with Crippen molar-refractivity contribution in [1.82, 2.24) is 19.3 Å². The Morgan fingerprint density at radius 1 is 1.43 bits per heavy atom. The van der Waals surface area contributed by atoms with E-state index in [2.05, 4.69) is 44.0 Å². The fourth-order valence-corrected chi connectivity index (χ4v) is 4.13. The summed E-state index contributed by atoms with van der Waals surface area (Å²) >= 11 is 11.2. The van der Waals surface area contributed by atoms with Crippen molar-refractivity contribution < 1.29 is 0 Å². The quantitative estimate of drug-likeness (QED) is 0.615. The van der Waals surface area contributed by atoms with Gasteiger partial charge in [0, 0.05) is 33.6 Å². The van der Waals surface area contributed by atoms with Gasteiger partial charge in [0.15, 0.2) is 5.65 Å². The van der Waals surface area contributed by atoms with Crippen LogP contribution >= 0.6 is 38.9 Å². The van der Waals surface area contributed by atoms with Gasteiger partial charge in [0.05, 0.1) is 12.2 Å². The molecule has 0 amide bonds. The van der Waals surface area contributed by atoms with E-state index in [0.29, 0.717) is 5.88 Å². The standard InChI is InChI=1S/C14H16BrClN4S/c1-3-20-14-13(9(2)18-20)17-12(4-5-16)19(14)7-11-6-10(15)8-21-11/h6,8H,3-5,7H2,1-2H3. The summed E-state index contributed by atoms with van der Waals surface area (Å²) < 4.78 is 5.40. The Balaban J connectivity index is 2.14. The van der Waals surface area contributed by atoms with E-state index in [-0.39, 0.29) is 0 Å². The molecule has 3 aromatic heterocycles. The zero-order chi connectivity index (χ0) is 15.0. The van der Waals surface area contributed by atoms with E-state index in [1.54, 1.807) is 11.3 Å². The molecule has 112 valence electrons. The zero-order valence-electron chi connectivity index (χ0n) is 11.9. The molecule has 3 rings (SSSR count). The number of rotatable bonds is 5. The van der Waals surface area contributed by atoms with Crippen molar-refractivity contribution in [2.45, 2.75) is 33.4 Å². The molecule has 0 bridgehead atoms. The molecule has 0 atom stereocenters. The Labute approximate surface area is 140 Å². The molecule has 21 heavy (non-hydrogen) atoms. The molecule has 0 N–H and O–H groups in total. The van der Waals surface area contributed by atoms with Gasteiger partial charge < -0.3 is 4.57 Å². The number of fused-ring (bicyclic) bond motifs is 1. The van der Waals surface area contributed by atoms with Crippen molar-refractivity contribution in [2.24, 2.45) is 0 Å². The van der Waals surface area contributed by atoms with E-state index in [1.165, 1.54) is 4.88 Å². The smallest absolute Gasteiger partial charge is 0.159 e. The number of aryl methyl sites for hydroxylation is 3. The zero-order valence-corrected chi connectivity index (χ0v) is 15.1. The maximum atomic E-state index is 5.94. The van der Waals surface area contributed by atoms with Gasteiger partial charge >= 0.3 is 0 Å². The van der Waals surface area contributed by atoms with Crippen LogP contribution in [0, 0.1) is 6.92 Å². The highest BCUT2D eigenvalue weighted by Gasteiger charge is 2.18. The van der Waals surface area contributed by atoms with Gasteiger partial charge in [-0.2, -0.15) is 5.10 Å². The van der Waals surface area contributed by atoms with Gasteiger partial charge in [-0.15, -0.1) is 22.9 Å². The van der Waals surface area contributed by atoms with E-state index in [4.69, 9.17) is 16.6 Å². The maximum Gasteiger partial charge on any atom is 0.159 e. The molecule has 0 radical (unpaired) electrons. The molecule has 7 heteroatoms. The molecule has 4 nitrogen and oxygen atoms in total. The number of hydrogen-bond donors (Lipinski definition) is 0. The average Bonchev–Trinajstić information content (AvgIpc) is 3.10. The van der Waals surface area contributed by atoms with Crippen LogP contribution < -0.4 is 0 Å². The van der Waals surface area contributed by atoms with Gasteiger partial charge in [-0.05, 0) is 35.8 Å². The molecule has 0 aliphatic rings. The molecule has 0 saturated heterocycles. The lowest BCUT2D eigenvalue weighted by molar-refractivity contribution is 0.637. The van der Waals surface area contributed by atoms with Gasteiger partial charge in [0.1, 0.15) is 11.3 Å². The van der Waals surface area contributed by atoms with Crippen LogP contribution in [-0.4, -0.2) is 25.2 Å². The highest BCUT2D eigenvalue weighted by molar-refractivity contribution is 9.10. The van der Waals surface area contributed by atoms with Crippen molar-refractivity contribution >= 4 is 50.0 Å². The fraction of sp³-hybridized carbons (Fsp3) is 0.429. The van der Waals surface area contributed by atoms with Crippen LogP contribution in [0.1, 0.15) is 23.3 Å². The first-order valence-electron chi connectivity index (χ1n) is 6.85. The van der Waals surface area contributed by atoms with Crippen LogP contribution in [0.5, 0.6) is 0 Å². The summed E-state index contributed by atoms with van der Waals surface area (Å²) in [6, 6.07) is 2.15. The predicted octanol–water partition coefficient (Wildman–Crippen LogP) is 4.21. The van der Waals surface area contributed by atoms with Crippen molar-refractivity contribution in [3.63, 3.8) is 0 Å². The lowest BCUT2D eigenvalue weighted by Gasteiger charge is -2.08. The van der Waals surface area contributed by atoms with Gasteiger partial charge in [0.2, 0.25) is 0 Å². The van der Waals surface area contributed by atoms with Gasteiger partial charge in [0.25, 0.3) is 0 Å². The second-order valence-electron chi connectivity index (χ2n) is 4.86. The first-order chi connectivity index (χ1) is 10.1. The van der Waals surface area contributed by atoms with E-state index >= 15 is 0 Å². The van der Waals surface area contributed by atoms with Crippen LogP contribution in [0.25, 0.3) is 11.2 Å². The molecule has 0 aromatic carbocycles. The van der Waals surface area contributed by atoms with Gasteiger partial charge in [-0.1, -0.05) is 0 Å². The SMILES string of the molecule is CCn1nc(C)c2nc(CCCl)n(Cc3cc(Br)cs3)c21. The Kier molecular flexibility index (Phi) is 4.38. The Hall–Kier alpha value is -0.850. The van der Waals surface area contributed by atoms with Gasteiger partial charge in [-0.3, -0.25) is 0 Å². The summed E-state index contributed by atoms with van der Waals surface area (Å²) in [5.74, 6) is 1.61. The minimum atomic E-state index is 0.576. The van der Waals surface area contributed by atoms with Crippen molar-refractivity contribution in [2.75, 3.05) is 5.88 Å². The number of halogens is 2. The first-order valence-corrected chi connectivity index (χ1v) is 9.06. The summed E-state index contributed by atoms with van der Waals surface area (Å²) in [5, 5.41) is 6.68. The highest BCUT2D eigenvalue weighted by atomic mass is 79.9. The normalized spacial score (nSPS) is 11.6. The molecular weight excluding hydrogens is 372 g/mol. The lowest BCUT2D eigenvalue weighted by Crippen LogP contribution is -2.09. The summed E-state index contributed by atoms with van der Waals surface area (Å²) in [4.78, 5) is 6.05. The third-order valence-corrected chi connectivity index (χ3v) is 5.30. The summed E-state index contributed by atoms with van der Waals surface area (Å²) in [6.07, 6.45) is 0.770. The molecule has 0 unspecified atom stereocenters. The predicted molar refractivity (Wildman–Crippen MR) is 91.5 cm³/mol. The van der Waals surface area contributed by atoms with Crippen molar-refractivity contribution in [3.8, 4) is 0 Å². The Morgan fingerprint density at radius 3 is 2.86 bits per heavy atom. The van der Waals surface area contributed by atoms with E-state index in [1.807, 2.05) is 11.6 Å². The molecule has 0 saturated carbocycles. The number of nitrogens with zero attached hydrogens (tertiary/aromatic N) is 4. The van der Waals surface area contributed by atoms with Crippen LogP contribution in [-0.2, 0) is 19.5 Å². The number of aromatic nitrogens is 4. The number of imidazole rings is 1. The van der Waals surface area contributed by atoms with E-state index in [9.17, 15) is 0 Å². The minimum Gasteiger partial charge on any atom is -0.308 e. The fourth-order valence-electron chi connectivity index (χ4n) is 2.52. The molecular formula is C14H16BrClN4S. The van der Waals surface area contributed by atoms with Gasteiger partial charge in [-0.25, -0.2) is 9.67 Å². The van der Waals surface area contributed by atoms with Crippen LogP contribution in [0.15, 0.2) is 15.9 Å². The molecule has 3 heterocycles. The van der Waals surface area contributed by atoms with Crippen molar-refractivity contribution in [3.05, 3.63) is 32.3 Å². The lowest BCUT2D eigenvalue weighted by atomic mass is 10.4. The molecule has 0 spiro atoms. The first kappa shape index (κ1) is 15.1. The second-order valence-corrected chi connectivity index (χ2v) is 7.15. The molecule has 0 aliphatic heterocycles. The van der Waals surface area contributed by atoms with E-state index in [0.717, 1.165) is 46.7 Å². The third kappa shape index (κ3) is 2.76. The Morgan fingerprint density at radius 2 is 2.24 bits per heavy atom. The molecule has 3 aromatic rings. The van der Waals surface area contributed by atoms with Crippen LogP contribution in [0.4, 0.5) is 0 Å². The summed E-state index contributed by atoms with van der Waals surface area (Å²) in [7, 11) is 0. The topological polar surface area (TPSA) is 35.6 Å².